The van der Waals surface area contributed by atoms with Gasteiger partial charge in [0.15, 0.2) is 0 Å². The normalized spacial score (nSPS) is 27.4. The van der Waals surface area contributed by atoms with Gasteiger partial charge in [0.1, 0.15) is 0 Å². The Hall–Kier alpha value is -1.68. The molecule has 0 N–H and O–H groups in total. The number of likely N-dealkylation sites (tertiary alicyclic amines) is 1. The van der Waals surface area contributed by atoms with Gasteiger partial charge in [-0.15, -0.1) is 0 Å². The Morgan fingerprint density at radius 2 is 1.90 bits per heavy atom. The van der Waals surface area contributed by atoms with Gasteiger partial charge in [0.2, 0.25) is 5.91 Å². The van der Waals surface area contributed by atoms with Gasteiger partial charge in [-0.2, -0.15) is 0 Å². The fraction of sp³-hybridized carbons (Fsp3) is 0.529. The van der Waals surface area contributed by atoms with Crippen molar-refractivity contribution in [3.05, 3.63) is 30.3 Å². The highest BCUT2D eigenvalue weighted by Gasteiger charge is 2.44. The van der Waals surface area contributed by atoms with Crippen molar-refractivity contribution in [2.45, 2.75) is 51.1 Å². The molecule has 4 nitrogen and oxygen atoms in total. The van der Waals surface area contributed by atoms with Crippen LogP contribution in [0.2, 0.25) is 0 Å². The van der Waals surface area contributed by atoms with E-state index in [9.17, 15) is 9.59 Å². The van der Waals surface area contributed by atoms with E-state index in [0.717, 1.165) is 25.8 Å². The van der Waals surface area contributed by atoms with Gasteiger partial charge in [-0.1, -0.05) is 31.5 Å². The monoisotopic (exact) mass is 286 g/mol. The van der Waals surface area contributed by atoms with Crippen molar-refractivity contribution >= 4 is 17.5 Å². The lowest BCUT2D eigenvalue weighted by Gasteiger charge is -2.38. The van der Waals surface area contributed by atoms with Crippen LogP contribution in [0.15, 0.2) is 30.3 Å². The number of hydrogen-bond donors (Lipinski definition) is 0. The van der Waals surface area contributed by atoms with Crippen LogP contribution in [0.4, 0.5) is 5.69 Å². The Morgan fingerprint density at radius 3 is 2.62 bits per heavy atom. The predicted molar refractivity (Wildman–Crippen MR) is 82.0 cm³/mol. The quantitative estimate of drug-likeness (QED) is 0.802. The molecule has 2 heterocycles. The molecule has 1 aromatic carbocycles. The van der Waals surface area contributed by atoms with E-state index in [0.29, 0.717) is 18.2 Å². The van der Waals surface area contributed by atoms with Gasteiger partial charge < -0.3 is 0 Å². The third-order valence-corrected chi connectivity index (χ3v) is 4.68. The molecule has 2 aliphatic heterocycles. The molecule has 3 rings (SSSR count). The van der Waals surface area contributed by atoms with Crippen molar-refractivity contribution < 1.29 is 9.59 Å². The summed E-state index contributed by atoms with van der Waals surface area (Å²) in [4.78, 5) is 28.7. The van der Waals surface area contributed by atoms with E-state index in [-0.39, 0.29) is 17.9 Å². The molecule has 2 atom stereocenters. The first-order chi connectivity index (χ1) is 10.2. The predicted octanol–water partition coefficient (Wildman–Crippen LogP) is 2.58. The number of imide groups is 1. The lowest BCUT2D eigenvalue weighted by atomic mass is 9.97. The molecule has 0 aliphatic carbocycles. The molecule has 1 aromatic rings. The second kappa shape index (κ2) is 5.98. The number of carbonyl (C=O) groups excluding carboxylic acids is 2. The average molecular weight is 286 g/mol. The zero-order valence-electron chi connectivity index (χ0n) is 12.5. The number of piperidine rings is 1. The van der Waals surface area contributed by atoms with Crippen LogP contribution < -0.4 is 4.90 Å². The van der Waals surface area contributed by atoms with E-state index in [4.69, 9.17) is 0 Å². The molecule has 2 saturated heterocycles. The van der Waals surface area contributed by atoms with E-state index in [1.165, 1.54) is 11.3 Å². The van der Waals surface area contributed by atoms with Gasteiger partial charge >= 0.3 is 0 Å². The lowest BCUT2D eigenvalue weighted by molar-refractivity contribution is -0.123. The maximum Gasteiger partial charge on any atom is 0.251 e. The van der Waals surface area contributed by atoms with Gasteiger partial charge in [-0.3, -0.25) is 14.5 Å². The van der Waals surface area contributed by atoms with Crippen LogP contribution in [0.25, 0.3) is 0 Å². The minimum atomic E-state index is -0.261. The topological polar surface area (TPSA) is 40.6 Å². The molecular formula is C17H22N2O2. The van der Waals surface area contributed by atoms with Crippen LogP contribution in [0.5, 0.6) is 0 Å². The van der Waals surface area contributed by atoms with Crippen LogP contribution in [0.1, 0.15) is 39.0 Å². The van der Waals surface area contributed by atoms with E-state index >= 15 is 0 Å². The highest BCUT2D eigenvalue weighted by molar-refractivity contribution is 6.22. The summed E-state index contributed by atoms with van der Waals surface area (Å²) < 4.78 is 0. The highest BCUT2D eigenvalue weighted by Crippen LogP contribution is 2.30. The fourth-order valence-corrected chi connectivity index (χ4v) is 3.60. The summed E-state index contributed by atoms with van der Waals surface area (Å²) in [6.07, 6.45) is 4.86. The second-order valence-corrected chi connectivity index (χ2v) is 5.92. The molecular weight excluding hydrogens is 264 g/mol. The van der Waals surface area contributed by atoms with Crippen molar-refractivity contribution in [2.24, 2.45) is 0 Å². The SMILES string of the molecule is CC[C@H]1CCCCN1[C@H]1CC(=O)N(c2ccccc2)C1=O. The Morgan fingerprint density at radius 1 is 1.14 bits per heavy atom. The number of nitrogens with zero attached hydrogens (tertiary/aromatic N) is 2. The lowest BCUT2D eigenvalue weighted by Crippen LogP contribution is -2.49. The fourth-order valence-electron chi connectivity index (χ4n) is 3.60. The summed E-state index contributed by atoms with van der Waals surface area (Å²) in [5, 5.41) is 0. The number of para-hydroxylation sites is 1. The molecule has 2 aliphatic rings. The summed E-state index contributed by atoms with van der Waals surface area (Å²) >= 11 is 0. The summed E-state index contributed by atoms with van der Waals surface area (Å²) in [7, 11) is 0. The number of hydrogen-bond acceptors (Lipinski definition) is 3. The molecule has 0 saturated carbocycles. The average Bonchev–Trinajstić information content (AvgIpc) is 2.83. The zero-order valence-corrected chi connectivity index (χ0v) is 12.5. The Bertz CT molecular complexity index is 529. The first-order valence-corrected chi connectivity index (χ1v) is 7.90. The van der Waals surface area contributed by atoms with Crippen LogP contribution in [-0.4, -0.2) is 35.3 Å². The van der Waals surface area contributed by atoms with Gasteiger partial charge in [0.25, 0.3) is 5.91 Å². The first-order valence-electron chi connectivity index (χ1n) is 7.90. The second-order valence-electron chi connectivity index (χ2n) is 5.92. The molecule has 2 fully saturated rings. The van der Waals surface area contributed by atoms with Crippen LogP contribution in [0, 0.1) is 0 Å². The van der Waals surface area contributed by atoms with Gasteiger partial charge in [0.05, 0.1) is 18.2 Å². The van der Waals surface area contributed by atoms with Crippen LogP contribution in [0.3, 0.4) is 0 Å². The third kappa shape index (κ3) is 2.60. The van der Waals surface area contributed by atoms with Crippen molar-refractivity contribution in [3.63, 3.8) is 0 Å². The number of amides is 2. The zero-order chi connectivity index (χ0) is 14.8. The van der Waals surface area contributed by atoms with Crippen LogP contribution in [-0.2, 0) is 9.59 Å². The number of rotatable bonds is 3. The van der Waals surface area contributed by atoms with Crippen molar-refractivity contribution in [1.29, 1.82) is 0 Å². The Balaban J connectivity index is 1.83. The Labute approximate surface area is 125 Å². The van der Waals surface area contributed by atoms with E-state index in [1.54, 1.807) is 0 Å². The van der Waals surface area contributed by atoms with E-state index in [1.807, 2.05) is 30.3 Å². The molecule has 4 heteroatoms. The number of benzene rings is 1. The number of anilines is 1. The van der Waals surface area contributed by atoms with Gasteiger partial charge in [0, 0.05) is 6.04 Å². The smallest absolute Gasteiger partial charge is 0.251 e. The van der Waals surface area contributed by atoms with Gasteiger partial charge in [-0.05, 0) is 37.9 Å². The molecule has 0 unspecified atom stereocenters. The molecule has 0 aromatic heterocycles. The Kier molecular flexibility index (Phi) is 4.06. The van der Waals surface area contributed by atoms with E-state index < -0.39 is 0 Å². The van der Waals surface area contributed by atoms with Gasteiger partial charge in [-0.25, -0.2) is 4.90 Å². The summed E-state index contributed by atoms with van der Waals surface area (Å²) in [5.41, 5.74) is 0.694. The minimum Gasteiger partial charge on any atom is -0.289 e. The summed E-state index contributed by atoms with van der Waals surface area (Å²) in [6.45, 7) is 3.10. The molecule has 112 valence electrons. The first kappa shape index (κ1) is 14.3. The minimum absolute atomic E-state index is 0.0495. The maximum atomic E-state index is 12.7. The maximum absolute atomic E-state index is 12.7. The molecule has 2 amide bonds. The molecule has 0 radical (unpaired) electrons. The van der Waals surface area contributed by atoms with Crippen molar-refractivity contribution in [2.75, 3.05) is 11.4 Å². The van der Waals surface area contributed by atoms with E-state index in [2.05, 4.69) is 11.8 Å². The summed E-state index contributed by atoms with van der Waals surface area (Å²) in [6, 6.07) is 9.44. The van der Waals surface area contributed by atoms with Crippen LogP contribution >= 0.6 is 0 Å². The standard InChI is InChI=1S/C17H22N2O2/c1-2-13-8-6-7-11-18(13)15-12-16(20)19(17(15)21)14-9-4-3-5-10-14/h3-5,9-10,13,15H,2,6-8,11-12H2,1H3/t13-,15-/m0/s1. The third-order valence-electron chi connectivity index (χ3n) is 4.68. The summed E-state index contributed by atoms with van der Waals surface area (Å²) in [5.74, 6) is -0.122. The highest BCUT2D eigenvalue weighted by atomic mass is 16.2. The van der Waals surface area contributed by atoms with Crippen molar-refractivity contribution in [3.8, 4) is 0 Å². The largest absolute Gasteiger partial charge is 0.289 e. The number of carbonyl (C=O) groups is 2. The molecule has 21 heavy (non-hydrogen) atoms. The molecule has 0 bridgehead atoms. The molecule has 0 spiro atoms. The van der Waals surface area contributed by atoms with Crippen molar-refractivity contribution in [1.82, 2.24) is 4.90 Å².